The Balaban J connectivity index is 1.36. The first-order chi connectivity index (χ1) is 11.9. The lowest BCUT2D eigenvalue weighted by Gasteiger charge is -2.28. The zero-order chi connectivity index (χ0) is 15.9. The van der Waals surface area contributed by atoms with E-state index in [2.05, 4.69) is 9.97 Å². The van der Waals surface area contributed by atoms with Gasteiger partial charge in [0.15, 0.2) is 0 Å². The zero-order valence-corrected chi connectivity index (χ0v) is 13.6. The van der Waals surface area contributed by atoms with Gasteiger partial charge in [0, 0.05) is 48.5 Å². The third-order valence-electron chi connectivity index (χ3n) is 5.23. The molecule has 3 heterocycles. The van der Waals surface area contributed by atoms with Gasteiger partial charge in [0.1, 0.15) is 0 Å². The van der Waals surface area contributed by atoms with Crippen LogP contribution in [0.4, 0.5) is 0 Å². The molecule has 1 radical (unpaired) electrons. The first-order valence-corrected chi connectivity index (χ1v) is 8.95. The number of hydrogen-bond donors (Lipinski definition) is 0. The highest BCUT2D eigenvalue weighted by Crippen LogP contribution is 2.41. The molecule has 1 saturated heterocycles. The van der Waals surface area contributed by atoms with E-state index in [9.17, 15) is 0 Å². The van der Waals surface area contributed by atoms with Crippen LogP contribution in [0.3, 0.4) is 0 Å². The van der Waals surface area contributed by atoms with E-state index in [0.717, 1.165) is 29.2 Å². The normalized spacial score (nSPS) is 27.2. The summed E-state index contributed by atoms with van der Waals surface area (Å²) >= 11 is 0. The van der Waals surface area contributed by atoms with Crippen LogP contribution in [0.25, 0.3) is 0 Å². The maximum Gasteiger partial charge on any atom is 0.0927 e. The Morgan fingerprint density at radius 2 is 1.25 bits per heavy atom. The molecule has 5 rings (SSSR count). The van der Waals surface area contributed by atoms with E-state index in [1.807, 2.05) is 31.4 Å². The van der Waals surface area contributed by atoms with E-state index in [4.69, 9.17) is 14.7 Å². The maximum atomic E-state index is 5.77. The van der Waals surface area contributed by atoms with Crippen LogP contribution in [-0.4, -0.2) is 26.5 Å². The molecule has 3 aliphatic rings. The number of ether oxygens (including phenoxy) is 1. The summed E-state index contributed by atoms with van der Waals surface area (Å²) in [6, 6.07) is 0. The van der Waals surface area contributed by atoms with Crippen molar-refractivity contribution in [3.8, 4) is 0 Å². The summed E-state index contributed by atoms with van der Waals surface area (Å²) in [5.41, 5.74) is 4.37. The van der Waals surface area contributed by atoms with Crippen LogP contribution < -0.4 is 0 Å². The smallest absolute Gasteiger partial charge is 0.0927 e. The quantitative estimate of drug-likeness (QED) is 0.863. The van der Waals surface area contributed by atoms with E-state index in [0.29, 0.717) is 18.4 Å². The minimum absolute atomic E-state index is 0.182. The topological polar surface area (TPSA) is 60.8 Å². The zero-order valence-electron chi connectivity index (χ0n) is 13.6. The number of hydrogen-bond acceptors (Lipinski definition) is 5. The minimum atomic E-state index is 0.182. The highest BCUT2D eigenvalue weighted by molar-refractivity contribution is 5.21. The Kier molecular flexibility index (Phi) is 3.55. The van der Waals surface area contributed by atoms with Crippen molar-refractivity contribution in [1.82, 2.24) is 19.9 Å². The SMILES string of the molecule is [CH]1OCC(c2cncc(C3CC3)n2)CC1c1cncc(C2CC2)n1. The van der Waals surface area contributed by atoms with Crippen LogP contribution in [0, 0.1) is 6.61 Å². The van der Waals surface area contributed by atoms with Gasteiger partial charge in [-0.2, -0.15) is 0 Å². The van der Waals surface area contributed by atoms with E-state index in [-0.39, 0.29) is 11.8 Å². The van der Waals surface area contributed by atoms with Gasteiger partial charge in [0.25, 0.3) is 0 Å². The maximum absolute atomic E-state index is 5.77. The van der Waals surface area contributed by atoms with E-state index in [1.165, 1.54) is 25.7 Å². The van der Waals surface area contributed by atoms with Crippen molar-refractivity contribution >= 4 is 0 Å². The van der Waals surface area contributed by atoms with Crippen molar-refractivity contribution in [2.24, 2.45) is 0 Å². The molecule has 0 bridgehead atoms. The fraction of sp³-hybridized carbons (Fsp3) is 0.526. The standard InChI is InChI=1S/C19H21N4O/c1-2-12(1)16-6-20-8-18(22-16)14-5-15(11-24-10-14)19-9-21-7-17(23-19)13-3-4-13/h6-10,12-15H,1-5,11H2. The third kappa shape index (κ3) is 2.93. The lowest BCUT2D eigenvalue weighted by molar-refractivity contribution is 0.118. The van der Waals surface area contributed by atoms with Crippen LogP contribution in [0.2, 0.25) is 0 Å². The van der Waals surface area contributed by atoms with Crippen LogP contribution in [0.5, 0.6) is 0 Å². The summed E-state index contributed by atoms with van der Waals surface area (Å²) in [5, 5.41) is 0. The van der Waals surface area contributed by atoms with Gasteiger partial charge < -0.3 is 4.74 Å². The van der Waals surface area contributed by atoms with Crippen molar-refractivity contribution in [2.45, 2.75) is 55.8 Å². The number of rotatable bonds is 4. The molecule has 2 aromatic heterocycles. The Bertz CT molecular complexity index is 680. The molecular weight excluding hydrogens is 300 g/mol. The Hall–Kier alpha value is -1.88. The van der Waals surface area contributed by atoms with Crippen LogP contribution in [0.15, 0.2) is 24.8 Å². The fourth-order valence-electron chi connectivity index (χ4n) is 3.44. The number of aromatic nitrogens is 4. The molecule has 24 heavy (non-hydrogen) atoms. The molecule has 0 spiro atoms. The largest absolute Gasteiger partial charge is 0.374 e. The lowest BCUT2D eigenvalue weighted by atomic mass is 9.89. The first-order valence-electron chi connectivity index (χ1n) is 8.95. The molecule has 2 aliphatic carbocycles. The van der Waals surface area contributed by atoms with Gasteiger partial charge in [-0.3, -0.25) is 19.9 Å². The van der Waals surface area contributed by atoms with Crippen molar-refractivity contribution in [2.75, 3.05) is 6.61 Å². The molecule has 123 valence electrons. The summed E-state index contributed by atoms with van der Waals surface area (Å²) in [6.07, 6.45) is 13.6. The van der Waals surface area contributed by atoms with E-state index < -0.39 is 0 Å². The molecule has 0 aromatic carbocycles. The third-order valence-corrected chi connectivity index (χ3v) is 5.23. The fourth-order valence-corrected chi connectivity index (χ4v) is 3.44. The molecule has 2 unspecified atom stereocenters. The monoisotopic (exact) mass is 321 g/mol. The Labute approximate surface area is 141 Å². The minimum Gasteiger partial charge on any atom is -0.374 e. The highest BCUT2D eigenvalue weighted by atomic mass is 16.5. The van der Waals surface area contributed by atoms with Gasteiger partial charge >= 0.3 is 0 Å². The average molecular weight is 321 g/mol. The van der Waals surface area contributed by atoms with Gasteiger partial charge in [0.05, 0.1) is 36.0 Å². The highest BCUT2D eigenvalue weighted by Gasteiger charge is 2.31. The predicted molar refractivity (Wildman–Crippen MR) is 88.4 cm³/mol. The van der Waals surface area contributed by atoms with E-state index >= 15 is 0 Å². The van der Waals surface area contributed by atoms with Gasteiger partial charge in [-0.25, -0.2) is 0 Å². The first kappa shape index (κ1) is 14.5. The Morgan fingerprint density at radius 3 is 1.88 bits per heavy atom. The number of nitrogens with zero attached hydrogens (tertiary/aromatic N) is 4. The van der Waals surface area contributed by atoms with Crippen LogP contribution >= 0.6 is 0 Å². The van der Waals surface area contributed by atoms with Crippen molar-refractivity contribution < 1.29 is 4.74 Å². The van der Waals surface area contributed by atoms with Gasteiger partial charge in [-0.15, -0.1) is 0 Å². The lowest BCUT2D eigenvalue weighted by Crippen LogP contribution is -2.22. The summed E-state index contributed by atoms with van der Waals surface area (Å²) in [6.45, 7) is 2.60. The van der Waals surface area contributed by atoms with Crippen molar-refractivity contribution in [1.29, 1.82) is 0 Å². The predicted octanol–water partition coefficient (Wildman–Crippen LogP) is 3.47. The Morgan fingerprint density at radius 1 is 0.708 bits per heavy atom. The van der Waals surface area contributed by atoms with Gasteiger partial charge in [-0.05, 0) is 32.1 Å². The second-order valence-electron chi connectivity index (χ2n) is 7.29. The molecule has 5 nitrogen and oxygen atoms in total. The molecule has 2 aromatic rings. The summed E-state index contributed by atoms with van der Waals surface area (Å²) < 4.78 is 5.77. The molecule has 1 aliphatic heterocycles. The van der Waals surface area contributed by atoms with Gasteiger partial charge in [-0.1, -0.05) is 0 Å². The molecular formula is C19H21N4O. The molecule has 0 amide bonds. The second kappa shape index (κ2) is 5.88. The summed E-state index contributed by atoms with van der Waals surface area (Å²) in [5.74, 6) is 1.71. The summed E-state index contributed by atoms with van der Waals surface area (Å²) in [7, 11) is 0. The van der Waals surface area contributed by atoms with Crippen LogP contribution in [-0.2, 0) is 4.74 Å². The molecule has 2 atom stereocenters. The van der Waals surface area contributed by atoms with Crippen LogP contribution in [0.1, 0.15) is 78.6 Å². The second-order valence-corrected chi connectivity index (χ2v) is 7.29. The van der Waals surface area contributed by atoms with E-state index in [1.54, 1.807) is 0 Å². The van der Waals surface area contributed by atoms with Gasteiger partial charge in [0.2, 0.25) is 0 Å². The van der Waals surface area contributed by atoms with Crippen molar-refractivity contribution in [3.05, 3.63) is 54.2 Å². The average Bonchev–Trinajstić information content (AvgIpc) is 3.54. The molecule has 3 fully saturated rings. The molecule has 5 heteroatoms. The summed E-state index contributed by atoms with van der Waals surface area (Å²) in [4.78, 5) is 18.5. The molecule has 2 saturated carbocycles. The van der Waals surface area contributed by atoms with Crippen molar-refractivity contribution in [3.63, 3.8) is 0 Å². The molecule has 0 N–H and O–H groups in total.